The van der Waals surface area contributed by atoms with Crippen LogP contribution in [0.3, 0.4) is 0 Å². The molecule has 1 nitrogen and oxygen atoms in total. The first kappa shape index (κ1) is 10.0. The molecule has 0 unspecified atom stereocenters. The highest BCUT2D eigenvalue weighted by Gasteiger charge is 2.35. The van der Waals surface area contributed by atoms with Crippen molar-refractivity contribution in [3.05, 3.63) is 0 Å². The molecule has 12 heavy (non-hydrogen) atoms. The lowest BCUT2D eigenvalue weighted by Crippen LogP contribution is -2.56. The van der Waals surface area contributed by atoms with Crippen molar-refractivity contribution in [2.24, 2.45) is 5.41 Å². The van der Waals surface area contributed by atoms with Gasteiger partial charge in [0.25, 0.3) is 0 Å². The minimum atomic E-state index is 0.491. The lowest BCUT2D eigenvalue weighted by molar-refractivity contribution is 0.00767. The molecule has 1 saturated heterocycles. The summed E-state index contributed by atoms with van der Waals surface area (Å²) in [6, 6.07) is 0. The van der Waals surface area contributed by atoms with Gasteiger partial charge < -0.3 is 0 Å². The maximum atomic E-state index is 2.60. The number of hydrogen-bond donors (Lipinski definition) is 0. The maximum absolute atomic E-state index is 2.60. The molecule has 72 valence electrons. The van der Waals surface area contributed by atoms with E-state index in [0.29, 0.717) is 11.0 Å². The maximum Gasteiger partial charge on any atom is 0.0165 e. The Morgan fingerprint density at radius 1 is 1.25 bits per heavy atom. The Balaban J connectivity index is 2.25. The summed E-state index contributed by atoms with van der Waals surface area (Å²) in [6.45, 7) is 14.2. The fraction of sp³-hybridized carbons (Fsp3) is 1.00. The number of rotatable bonds is 2. The van der Waals surface area contributed by atoms with Gasteiger partial charge >= 0.3 is 0 Å². The summed E-state index contributed by atoms with van der Waals surface area (Å²) in [5, 5.41) is 0. The van der Waals surface area contributed by atoms with Crippen molar-refractivity contribution < 1.29 is 0 Å². The Hall–Kier alpha value is -0.0400. The molecule has 0 amide bonds. The molecule has 0 atom stereocenters. The third-order valence-electron chi connectivity index (χ3n) is 2.98. The van der Waals surface area contributed by atoms with E-state index in [0.717, 1.165) is 0 Å². The molecular formula is C11H23N. The molecule has 1 heterocycles. The van der Waals surface area contributed by atoms with Gasteiger partial charge in [0.1, 0.15) is 0 Å². The highest BCUT2D eigenvalue weighted by atomic mass is 15.2. The van der Waals surface area contributed by atoms with Crippen LogP contribution < -0.4 is 0 Å². The molecule has 0 aromatic heterocycles. The molecule has 0 saturated carbocycles. The first-order chi connectivity index (χ1) is 5.31. The van der Waals surface area contributed by atoms with Crippen molar-refractivity contribution in [2.45, 2.75) is 53.0 Å². The third kappa shape index (κ3) is 2.48. The second kappa shape index (κ2) is 3.02. The van der Waals surface area contributed by atoms with Crippen LogP contribution in [0.15, 0.2) is 0 Å². The zero-order valence-electron chi connectivity index (χ0n) is 9.28. The van der Waals surface area contributed by atoms with Gasteiger partial charge in [0, 0.05) is 12.1 Å². The molecule has 0 spiro atoms. The van der Waals surface area contributed by atoms with E-state index in [1.54, 1.807) is 0 Å². The van der Waals surface area contributed by atoms with E-state index in [2.05, 4.69) is 39.5 Å². The molecule has 1 aliphatic rings. The van der Waals surface area contributed by atoms with Crippen LogP contribution in [0.5, 0.6) is 0 Å². The van der Waals surface area contributed by atoms with E-state index in [1.807, 2.05) is 0 Å². The highest BCUT2D eigenvalue weighted by molar-refractivity contribution is 4.91. The Morgan fingerprint density at radius 2 is 1.83 bits per heavy atom. The fourth-order valence-electron chi connectivity index (χ4n) is 1.60. The van der Waals surface area contributed by atoms with Crippen LogP contribution in [0.4, 0.5) is 0 Å². The van der Waals surface area contributed by atoms with Crippen molar-refractivity contribution in [3.8, 4) is 0 Å². The molecule has 0 aromatic carbocycles. The normalized spacial score (nSPS) is 23.8. The molecule has 0 aromatic rings. The largest absolute Gasteiger partial charge is 0.298 e. The van der Waals surface area contributed by atoms with Crippen molar-refractivity contribution in [3.63, 3.8) is 0 Å². The summed E-state index contributed by atoms with van der Waals surface area (Å²) in [4.78, 5) is 2.60. The van der Waals surface area contributed by atoms with Crippen LogP contribution in [0.25, 0.3) is 0 Å². The second-order valence-electron chi connectivity index (χ2n) is 5.86. The number of nitrogens with zero attached hydrogens (tertiary/aromatic N) is 1. The average molecular weight is 169 g/mol. The molecular weight excluding hydrogens is 146 g/mol. The van der Waals surface area contributed by atoms with Gasteiger partial charge in [-0.1, -0.05) is 20.8 Å². The summed E-state index contributed by atoms with van der Waals surface area (Å²) in [5.74, 6) is 0. The van der Waals surface area contributed by atoms with Gasteiger partial charge in [-0.25, -0.2) is 0 Å². The molecule has 1 aliphatic heterocycles. The monoisotopic (exact) mass is 169 g/mol. The van der Waals surface area contributed by atoms with E-state index < -0.39 is 0 Å². The highest BCUT2D eigenvalue weighted by Crippen LogP contribution is 2.31. The molecule has 0 aliphatic carbocycles. The standard InChI is InChI=1S/C11H23N/c1-10(2,3)6-8-12-9-7-11(12,4)5/h6-9H2,1-5H3. The topological polar surface area (TPSA) is 3.24 Å². The van der Waals surface area contributed by atoms with Gasteiger partial charge in [-0.3, -0.25) is 4.90 Å². The summed E-state index contributed by atoms with van der Waals surface area (Å²) in [7, 11) is 0. The molecule has 0 N–H and O–H groups in total. The van der Waals surface area contributed by atoms with Crippen LogP contribution in [0, 0.1) is 5.41 Å². The second-order valence-corrected chi connectivity index (χ2v) is 5.86. The molecule has 0 radical (unpaired) electrons. The first-order valence-corrected chi connectivity index (χ1v) is 5.06. The van der Waals surface area contributed by atoms with Gasteiger partial charge in [-0.2, -0.15) is 0 Å². The zero-order chi connectivity index (χ0) is 9.41. The van der Waals surface area contributed by atoms with E-state index in [9.17, 15) is 0 Å². The Morgan fingerprint density at radius 3 is 2.08 bits per heavy atom. The smallest absolute Gasteiger partial charge is 0.0165 e. The Kier molecular flexibility index (Phi) is 2.53. The van der Waals surface area contributed by atoms with Gasteiger partial charge in [-0.15, -0.1) is 0 Å². The summed E-state index contributed by atoms with van der Waals surface area (Å²) in [5.41, 5.74) is 0.983. The average Bonchev–Trinajstić information content (AvgIpc) is 1.83. The van der Waals surface area contributed by atoms with Gasteiger partial charge in [0.05, 0.1) is 0 Å². The Labute approximate surface area is 77.1 Å². The fourth-order valence-corrected chi connectivity index (χ4v) is 1.60. The summed E-state index contributed by atoms with van der Waals surface area (Å²) < 4.78 is 0. The van der Waals surface area contributed by atoms with Crippen molar-refractivity contribution >= 4 is 0 Å². The summed E-state index contributed by atoms with van der Waals surface area (Å²) in [6.07, 6.45) is 2.69. The first-order valence-electron chi connectivity index (χ1n) is 5.06. The molecule has 1 heteroatoms. The van der Waals surface area contributed by atoms with Crippen molar-refractivity contribution in [1.82, 2.24) is 4.90 Å². The van der Waals surface area contributed by atoms with Crippen LogP contribution in [0.2, 0.25) is 0 Å². The molecule has 0 bridgehead atoms. The minimum absolute atomic E-state index is 0.491. The van der Waals surface area contributed by atoms with E-state index in [4.69, 9.17) is 0 Å². The van der Waals surface area contributed by atoms with E-state index in [-0.39, 0.29) is 0 Å². The van der Waals surface area contributed by atoms with Gasteiger partial charge in [0.15, 0.2) is 0 Å². The predicted octanol–water partition coefficient (Wildman–Crippen LogP) is 2.91. The SMILES string of the molecule is CC(C)(C)CCN1CCC1(C)C. The van der Waals surface area contributed by atoms with Crippen molar-refractivity contribution in [2.75, 3.05) is 13.1 Å². The Bertz CT molecular complexity index is 153. The van der Waals surface area contributed by atoms with Crippen LogP contribution >= 0.6 is 0 Å². The third-order valence-corrected chi connectivity index (χ3v) is 2.98. The van der Waals surface area contributed by atoms with Gasteiger partial charge in [0.2, 0.25) is 0 Å². The number of likely N-dealkylation sites (tertiary alicyclic amines) is 1. The number of hydrogen-bond acceptors (Lipinski definition) is 1. The van der Waals surface area contributed by atoms with Gasteiger partial charge in [-0.05, 0) is 38.6 Å². The van der Waals surface area contributed by atoms with E-state index in [1.165, 1.54) is 25.9 Å². The van der Waals surface area contributed by atoms with Crippen LogP contribution in [-0.2, 0) is 0 Å². The van der Waals surface area contributed by atoms with Crippen LogP contribution in [0.1, 0.15) is 47.5 Å². The molecule has 1 rings (SSSR count). The quantitative estimate of drug-likeness (QED) is 0.614. The predicted molar refractivity (Wildman–Crippen MR) is 54.3 cm³/mol. The zero-order valence-corrected chi connectivity index (χ0v) is 9.28. The van der Waals surface area contributed by atoms with Crippen LogP contribution in [-0.4, -0.2) is 23.5 Å². The molecule has 1 fully saturated rings. The minimum Gasteiger partial charge on any atom is -0.298 e. The van der Waals surface area contributed by atoms with Crippen molar-refractivity contribution in [1.29, 1.82) is 0 Å². The lowest BCUT2D eigenvalue weighted by Gasteiger charge is -2.49. The lowest BCUT2D eigenvalue weighted by atomic mass is 9.86. The summed E-state index contributed by atoms with van der Waals surface area (Å²) >= 11 is 0. The van der Waals surface area contributed by atoms with E-state index >= 15 is 0 Å².